The molecule has 0 radical (unpaired) electrons. The van der Waals surface area contributed by atoms with Crippen LogP contribution in [-0.2, 0) is 14.3 Å². The van der Waals surface area contributed by atoms with Crippen LogP contribution >= 0.6 is 0 Å². The van der Waals surface area contributed by atoms with Crippen molar-refractivity contribution in [2.75, 3.05) is 5.32 Å². The maximum atomic E-state index is 11.1. The van der Waals surface area contributed by atoms with Crippen molar-refractivity contribution >= 4 is 11.6 Å². The molecular weight excluding hydrogens is 242 g/mol. The zero-order valence-corrected chi connectivity index (χ0v) is 12.1. The summed E-state index contributed by atoms with van der Waals surface area (Å²) in [6.07, 6.45) is -0.404. The van der Waals surface area contributed by atoms with E-state index in [4.69, 9.17) is 9.47 Å². The van der Waals surface area contributed by atoms with E-state index in [1.807, 2.05) is 52.0 Å². The van der Waals surface area contributed by atoms with Gasteiger partial charge in [-0.25, -0.2) is 0 Å². The van der Waals surface area contributed by atoms with Crippen LogP contribution in [0.5, 0.6) is 0 Å². The summed E-state index contributed by atoms with van der Waals surface area (Å²) in [5, 5.41) is 2.76. The number of carbonyl (C=O) groups excluding carboxylic acids is 1. The highest BCUT2D eigenvalue weighted by molar-refractivity contribution is 5.88. The zero-order valence-electron chi connectivity index (χ0n) is 12.1. The second kappa shape index (κ2) is 4.62. The molecule has 104 valence electrons. The Morgan fingerprint density at radius 1 is 1.16 bits per heavy atom. The summed E-state index contributed by atoms with van der Waals surface area (Å²) in [4.78, 5) is 11.1. The van der Waals surface area contributed by atoms with E-state index in [0.29, 0.717) is 0 Å². The maximum Gasteiger partial charge on any atom is 0.221 e. The molecule has 19 heavy (non-hydrogen) atoms. The van der Waals surface area contributed by atoms with E-state index in [9.17, 15) is 4.79 Å². The lowest BCUT2D eigenvalue weighted by Crippen LogP contribution is -2.41. The fraction of sp³-hybridized carbons (Fsp3) is 0.533. The molecule has 0 unspecified atom stereocenters. The van der Waals surface area contributed by atoms with Gasteiger partial charge in [0.15, 0.2) is 6.29 Å². The van der Waals surface area contributed by atoms with E-state index in [1.165, 1.54) is 6.92 Å². The standard InChI is InChI=1S/C15H21NO3/c1-10(17)16-12-8-6-7-11(9-12)13-18-14(2,3)15(4,5)19-13/h6-9,13H,1-5H3,(H,16,17). The van der Waals surface area contributed by atoms with Crippen molar-refractivity contribution in [2.45, 2.75) is 52.1 Å². The molecule has 0 spiro atoms. The smallest absolute Gasteiger partial charge is 0.221 e. The van der Waals surface area contributed by atoms with Gasteiger partial charge in [0.05, 0.1) is 11.2 Å². The van der Waals surface area contributed by atoms with Crippen LogP contribution in [0.3, 0.4) is 0 Å². The molecule has 1 aromatic rings. The number of anilines is 1. The fourth-order valence-electron chi connectivity index (χ4n) is 1.95. The lowest BCUT2D eigenvalue weighted by Gasteiger charge is -2.30. The third kappa shape index (κ3) is 2.80. The second-order valence-corrected chi connectivity index (χ2v) is 5.89. The average molecular weight is 263 g/mol. The van der Waals surface area contributed by atoms with Crippen molar-refractivity contribution in [3.63, 3.8) is 0 Å². The lowest BCUT2D eigenvalue weighted by atomic mass is 9.90. The van der Waals surface area contributed by atoms with Gasteiger partial charge in [0, 0.05) is 18.2 Å². The quantitative estimate of drug-likeness (QED) is 0.891. The van der Waals surface area contributed by atoms with Gasteiger partial charge in [-0.1, -0.05) is 12.1 Å². The minimum Gasteiger partial charge on any atom is -0.339 e. The monoisotopic (exact) mass is 263 g/mol. The largest absolute Gasteiger partial charge is 0.339 e. The van der Waals surface area contributed by atoms with Crippen LogP contribution in [0, 0.1) is 0 Å². The van der Waals surface area contributed by atoms with E-state index in [1.54, 1.807) is 0 Å². The summed E-state index contributed by atoms with van der Waals surface area (Å²) in [6.45, 7) is 9.56. The van der Waals surface area contributed by atoms with Crippen LogP contribution in [0.4, 0.5) is 5.69 Å². The predicted octanol–water partition coefficient (Wildman–Crippen LogP) is 3.25. The summed E-state index contributed by atoms with van der Waals surface area (Å²) in [5.74, 6) is -0.0916. The average Bonchev–Trinajstić information content (AvgIpc) is 2.47. The van der Waals surface area contributed by atoms with Gasteiger partial charge in [-0.3, -0.25) is 4.79 Å². The van der Waals surface area contributed by atoms with Crippen molar-refractivity contribution < 1.29 is 14.3 Å². The third-order valence-corrected chi connectivity index (χ3v) is 3.73. The summed E-state index contributed by atoms with van der Waals surface area (Å²) >= 11 is 0. The van der Waals surface area contributed by atoms with E-state index in [0.717, 1.165) is 11.3 Å². The fourth-order valence-corrected chi connectivity index (χ4v) is 1.95. The normalized spacial score (nSPS) is 21.3. The highest BCUT2D eigenvalue weighted by Gasteiger charge is 2.49. The predicted molar refractivity (Wildman–Crippen MR) is 73.8 cm³/mol. The summed E-state index contributed by atoms with van der Waals surface area (Å²) in [5.41, 5.74) is 0.938. The molecular formula is C15H21NO3. The Balaban J connectivity index is 2.22. The third-order valence-electron chi connectivity index (χ3n) is 3.73. The summed E-state index contributed by atoms with van der Waals surface area (Å²) in [7, 11) is 0. The van der Waals surface area contributed by atoms with Gasteiger partial charge in [-0.05, 0) is 39.8 Å². The Hall–Kier alpha value is -1.39. The molecule has 2 rings (SSSR count). The first kappa shape index (κ1) is 14.0. The van der Waals surface area contributed by atoms with Crippen molar-refractivity contribution in [1.82, 2.24) is 0 Å². The Labute approximate surface area is 114 Å². The SMILES string of the molecule is CC(=O)Nc1cccc(C2OC(C)(C)C(C)(C)O2)c1. The van der Waals surface area contributed by atoms with Gasteiger partial charge in [0.1, 0.15) is 0 Å². The molecule has 4 nitrogen and oxygen atoms in total. The molecule has 0 aliphatic carbocycles. The molecule has 1 N–H and O–H groups in total. The number of hydrogen-bond acceptors (Lipinski definition) is 3. The van der Waals surface area contributed by atoms with Crippen LogP contribution in [0.15, 0.2) is 24.3 Å². The van der Waals surface area contributed by atoms with Gasteiger partial charge < -0.3 is 14.8 Å². The van der Waals surface area contributed by atoms with Crippen molar-refractivity contribution in [1.29, 1.82) is 0 Å². The second-order valence-electron chi connectivity index (χ2n) is 5.89. The number of rotatable bonds is 2. The van der Waals surface area contributed by atoms with Gasteiger partial charge in [-0.15, -0.1) is 0 Å². The molecule has 1 fully saturated rings. The van der Waals surface area contributed by atoms with Crippen LogP contribution < -0.4 is 5.32 Å². The van der Waals surface area contributed by atoms with E-state index < -0.39 is 6.29 Å². The molecule has 0 atom stereocenters. The number of carbonyl (C=O) groups is 1. The number of hydrogen-bond donors (Lipinski definition) is 1. The maximum absolute atomic E-state index is 11.1. The molecule has 1 aliphatic rings. The molecule has 0 bridgehead atoms. The van der Waals surface area contributed by atoms with Crippen LogP contribution in [-0.4, -0.2) is 17.1 Å². The van der Waals surface area contributed by atoms with Crippen molar-refractivity contribution in [3.05, 3.63) is 29.8 Å². The molecule has 1 amide bonds. The van der Waals surface area contributed by atoms with E-state index in [-0.39, 0.29) is 17.1 Å². The van der Waals surface area contributed by atoms with Gasteiger partial charge in [0.25, 0.3) is 0 Å². The number of benzene rings is 1. The first-order chi connectivity index (χ1) is 8.71. The Kier molecular flexibility index (Phi) is 3.41. The molecule has 1 saturated heterocycles. The van der Waals surface area contributed by atoms with Gasteiger partial charge >= 0.3 is 0 Å². The van der Waals surface area contributed by atoms with Gasteiger partial charge in [0.2, 0.25) is 5.91 Å². The van der Waals surface area contributed by atoms with Gasteiger partial charge in [-0.2, -0.15) is 0 Å². The molecule has 1 aliphatic heterocycles. The van der Waals surface area contributed by atoms with E-state index >= 15 is 0 Å². The lowest BCUT2D eigenvalue weighted by molar-refractivity contribution is -0.114. The topological polar surface area (TPSA) is 47.6 Å². The molecule has 1 aromatic carbocycles. The molecule has 1 heterocycles. The molecule has 0 saturated carbocycles. The Bertz CT molecular complexity index is 478. The number of nitrogens with one attached hydrogen (secondary N) is 1. The number of ether oxygens (including phenoxy) is 2. The highest BCUT2D eigenvalue weighted by Crippen LogP contribution is 2.44. The first-order valence-corrected chi connectivity index (χ1v) is 6.44. The number of amides is 1. The van der Waals surface area contributed by atoms with Crippen molar-refractivity contribution in [3.8, 4) is 0 Å². The highest BCUT2D eigenvalue weighted by atomic mass is 16.7. The van der Waals surface area contributed by atoms with Crippen LogP contribution in [0.1, 0.15) is 46.5 Å². The minimum absolute atomic E-state index is 0.0916. The zero-order chi connectivity index (χ0) is 14.3. The van der Waals surface area contributed by atoms with Crippen LogP contribution in [0.25, 0.3) is 0 Å². The van der Waals surface area contributed by atoms with E-state index in [2.05, 4.69) is 5.32 Å². The molecule has 4 heteroatoms. The Morgan fingerprint density at radius 2 is 1.74 bits per heavy atom. The summed E-state index contributed by atoms with van der Waals surface area (Å²) in [6, 6.07) is 7.54. The first-order valence-electron chi connectivity index (χ1n) is 6.44. The van der Waals surface area contributed by atoms with Crippen molar-refractivity contribution in [2.24, 2.45) is 0 Å². The summed E-state index contributed by atoms with van der Waals surface area (Å²) < 4.78 is 12.0. The van der Waals surface area contributed by atoms with Crippen LogP contribution in [0.2, 0.25) is 0 Å². The molecule has 0 aromatic heterocycles. The minimum atomic E-state index is -0.404. The Morgan fingerprint density at radius 3 is 2.26 bits per heavy atom.